The number of rotatable bonds is 7. The molecule has 1 heteroatoms. The fraction of sp³-hybridized carbons (Fsp3) is 0.727. The van der Waals surface area contributed by atoms with Gasteiger partial charge in [0.2, 0.25) is 0 Å². The molecule has 0 saturated heterocycles. The number of carbonyl (C=O) groups is 1. The van der Waals surface area contributed by atoms with Gasteiger partial charge in [-0.2, -0.15) is 0 Å². The Morgan fingerprint density at radius 2 is 2.00 bits per heavy atom. The highest BCUT2D eigenvalue weighted by molar-refractivity contribution is 5.52. The van der Waals surface area contributed by atoms with Crippen LogP contribution in [0.15, 0.2) is 12.7 Å². The first-order chi connectivity index (χ1) is 5.70. The normalized spacial score (nSPS) is 15.2. The second-order valence-corrected chi connectivity index (χ2v) is 3.67. The van der Waals surface area contributed by atoms with Crippen LogP contribution < -0.4 is 0 Å². The van der Waals surface area contributed by atoms with Crippen LogP contribution in [0.3, 0.4) is 0 Å². The molecule has 70 valence electrons. The van der Waals surface area contributed by atoms with Gasteiger partial charge in [-0.15, -0.1) is 6.58 Å². The average Bonchev–Trinajstić information content (AvgIpc) is 2.04. The van der Waals surface area contributed by atoms with Gasteiger partial charge in [-0.3, -0.25) is 0 Å². The molecule has 0 aliphatic heterocycles. The van der Waals surface area contributed by atoms with Crippen LogP contribution in [0.2, 0.25) is 0 Å². The lowest BCUT2D eigenvalue weighted by Gasteiger charge is -2.08. The van der Waals surface area contributed by atoms with Crippen LogP contribution in [0.25, 0.3) is 0 Å². The lowest BCUT2D eigenvalue weighted by molar-refractivity contribution is -0.110. The fourth-order valence-corrected chi connectivity index (χ4v) is 1.26. The first-order valence-electron chi connectivity index (χ1n) is 4.76. The summed E-state index contributed by atoms with van der Waals surface area (Å²) >= 11 is 0. The third-order valence-corrected chi connectivity index (χ3v) is 2.16. The summed E-state index contributed by atoms with van der Waals surface area (Å²) in [6, 6.07) is 0. The molecule has 0 aliphatic rings. The Hall–Kier alpha value is -0.590. The van der Waals surface area contributed by atoms with Crippen molar-refractivity contribution in [2.24, 2.45) is 11.8 Å². The van der Waals surface area contributed by atoms with E-state index in [0.29, 0.717) is 0 Å². The van der Waals surface area contributed by atoms with Crippen molar-refractivity contribution in [2.45, 2.75) is 39.5 Å². The highest BCUT2D eigenvalue weighted by Gasteiger charge is 2.02. The molecule has 1 nitrogen and oxygen atoms in total. The van der Waals surface area contributed by atoms with Crippen LogP contribution in [0.4, 0.5) is 0 Å². The van der Waals surface area contributed by atoms with E-state index in [-0.39, 0.29) is 5.92 Å². The van der Waals surface area contributed by atoms with Gasteiger partial charge in [-0.1, -0.05) is 32.8 Å². The number of carbonyl (C=O) groups excluding carboxylic acids is 1. The SMILES string of the molecule is C=CC[C@H](C)CCC[C@H](C)C=O. The van der Waals surface area contributed by atoms with Crippen LogP contribution in [0, 0.1) is 11.8 Å². The van der Waals surface area contributed by atoms with Gasteiger partial charge in [0.15, 0.2) is 0 Å². The van der Waals surface area contributed by atoms with Crippen LogP contribution >= 0.6 is 0 Å². The molecule has 12 heavy (non-hydrogen) atoms. The molecule has 0 heterocycles. The number of hydrogen-bond donors (Lipinski definition) is 0. The number of allylic oxidation sites excluding steroid dienone is 1. The van der Waals surface area contributed by atoms with E-state index in [1.807, 2.05) is 13.0 Å². The maximum Gasteiger partial charge on any atom is 0.122 e. The molecule has 0 rings (SSSR count). The van der Waals surface area contributed by atoms with Gasteiger partial charge in [0.25, 0.3) is 0 Å². The zero-order chi connectivity index (χ0) is 9.40. The smallest absolute Gasteiger partial charge is 0.122 e. The molecule has 0 aliphatic carbocycles. The molecule has 0 aromatic carbocycles. The lowest BCUT2D eigenvalue weighted by atomic mass is 9.97. The third kappa shape index (κ3) is 6.14. The van der Waals surface area contributed by atoms with Crippen molar-refractivity contribution < 1.29 is 4.79 Å². The van der Waals surface area contributed by atoms with Crippen LogP contribution in [0.1, 0.15) is 39.5 Å². The summed E-state index contributed by atoms with van der Waals surface area (Å²) in [6.07, 6.45) is 7.51. The summed E-state index contributed by atoms with van der Waals surface area (Å²) < 4.78 is 0. The summed E-state index contributed by atoms with van der Waals surface area (Å²) in [5.74, 6) is 0.960. The third-order valence-electron chi connectivity index (χ3n) is 2.16. The minimum atomic E-state index is 0.237. The molecule has 2 atom stereocenters. The predicted octanol–water partition coefficient (Wildman–Crippen LogP) is 3.20. The van der Waals surface area contributed by atoms with E-state index in [9.17, 15) is 4.79 Å². The monoisotopic (exact) mass is 168 g/mol. The van der Waals surface area contributed by atoms with E-state index >= 15 is 0 Å². The maximum absolute atomic E-state index is 10.3. The topological polar surface area (TPSA) is 17.1 Å². The summed E-state index contributed by atoms with van der Waals surface area (Å²) in [5, 5.41) is 0. The van der Waals surface area contributed by atoms with E-state index in [1.165, 1.54) is 6.42 Å². The van der Waals surface area contributed by atoms with Gasteiger partial charge in [0.1, 0.15) is 6.29 Å². The molecule has 0 spiro atoms. The van der Waals surface area contributed by atoms with Crippen molar-refractivity contribution in [2.75, 3.05) is 0 Å². The minimum Gasteiger partial charge on any atom is -0.303 e. The van der Waals surface area contributed by atoms with E-state index in [2.05, 4.69) is 13.5 Å². The maximum atomic E-state index is 10.3. The first-order valence-corrected chi connectivity index (χ1v) is 4.76. The summed E-state index contributed by atoms with van der Waals surface area (Å²) in [7, 11) is 0. The molecule has 0 amide bonds. The van der Waals surface area contributed by atoms with Crippen molar-refractivity contribution in [1.82, 2.24) is 0 Å². The molecule has 0 aromatic heterocycles. The Morgan fingerprint density at radius 1 is 1.33 bits per heavy atom. The van der Waals surface area contributed by atoms with Gasteiger partial charge in [-0.25, -0.2) is 0 Å². The first kappa shape index (κ1) is 11.4. The van der Waals surface area contributed by atoms with E-state index < -0.39 is 0 Å². The highest BCUT2D eigenvalue weighted by atomic mass is 16.1. The zero-order valence-corrected chi connectivity index (χ0v) is 8.25. The Bertz CT molecular complexity index is 129. The van der Waals surface area contributed by atoms with E-state index in [0.717, 1.165) is 31.5 Å². The molecular formula is C11H20O. The van der Waals surface area contributed by atoms with E-state index in [1.54, 1.807) is 0 Å². The highest BCUT2D eigenvalue weighted by Crippen LogP contribution is 2.14. The lowest BCUT2D eigenvalue weighted by Crippen LogP contribution is -1.98. The standard InChI is InChI=1S/C11H20O/c1-4-6-10(2)7-5-8-11(3)9-12/h4,9-11H,1,5-8H2,2-3H3/t10-,11-/m0/s1. The molecule has 0 saturated carbocycles. The van der Waals surface area contributed by atoms with Crippen molar-refractivity contribution in [3.05, 3.63) is 12.7 Å². The van der Waals surface area contributed by atoms with Gasteiger partial charge in [-0.05, 0) is 18.8 Å². The Labute approximate surface area is 75.9 Å². The van der Waals surface area contributed by atoms with Gasteiger partial charge < -0.3 is 4.79 Å². The van der Waals surface area contributed by atoms with Gasteiger partial charge in [0.05, 0.1) is 0 Å². The van der Waals surface area contributed by atoms with Crippen molar-refractivity contribution >= 4 is 6.29 Å². The van der Waals surface area contributed by atoms with E-state index in [4.69, 9.17) is 0 Å². The summed E-state index contributed by atoms with van der Waals surface area (Å²) in [6.45, 7) is 7.91. The molecule has 0 N–H and O–H groups in total. The van der Waals surface area contributed by atoms with Gasteiger partial charge >= 0.3 is 0 Å². The van der Waals surface area contributed by atoms with Crippen molar-refractivity contribution in [1.29, 1.82) is 0 Å². The van der Waals surface area contributed by atoms with Gasteiger partial charge in [0, 0.05) is 5.92 Å². The fourth-order valence-electron chi connectivity index (χ4n) is 1.26. The Morgan fingerprint density at radius 3 is 2.50 bits per heavy atom. The Kier molecular flexibility index (Phi) is 6.73. The zero-order valence-electron chi connectivity index (χ0n) is 8.25. The average molecular weight is 168 g/mol. The minimum absolute atomic E-state index is 0.237. The summed E-state index contributed by atoms with van der Waals surface area (Å²) in [5.41, 5.74) is 0. The van der Waals surface area contributed by atoms with Crippen molar-refractivity contribution in [3.8, 4) is 0 Å². The number of hydrogen-bond acceptors (Lipinski definition) is 1. The van der Waals surface area contributed by atoms with Crippen LogP contribution in [-0.2, 0) is 4.79 Å². The quantitative estimate of drug-likeness (QED) is 0.421. The number of aldehydes is 1. The molecular weight excluding hydrogens is 148 g/mol. The molecule has 0 bridgehead atoms. The van der Waals surface area contributed by atoms with Crippen molar-refractivity contribution in [3.63, 3.8) is 0 Å². The largest absolute Gasteiger partial charge is 0.303 e. The van der Waals surface area contributed by atoms with Crippen LogP contribution in [-0.4, -0.2) is 6.29 Å². The Balaban J connectivity index is 3.29. The molecule has 0 fully saturated rings. The second kappa shape index (κ2) is 7.08. The predicted molar refractivity (Wildman–Crippen MR) is 53.1 cm³/mol. The molecule has 0 aromatic rings. The summed E-state index contributed by atoms with van der Waals surface area (Å²) in [4.78, 5) is 10.3. The van der Waals surface area contributed by atoms with Crippen LogP contribution in [0.5, 0.6) is 0 Å². The molecule has 0 unspecified atom stereocenters. The molecule has 0 radical (unpaired) electrons. The second-order valence-electron chi connectivity index (χ2n) is 3.67.